The van der Waals surface area contributed by atoms with Gasteiger partial charge in [-0.2, -0.15) is 0 Å². The molecule has 0 spiro atoms. The lowest BCUT2D eigenvalue weighted by molar-refractivity contribution is -0.620. The summed E-state index contributed by atoms with van der Waals surface area (Å²) >= 11 is 0. The Kier molecular flexibility index (Phi) is 6.47. The highest BCUT2D eigenvalue weighted by Crippen LogP contribution is 2.29. The van der Waals surface area contributed by atoms with Crippen LogP contribution in [0.25, 0.3) is 5.70 Å². The quantitative estimate of drug-likeness (QED) is 0.527. The van der Waals surface area contributed by atoms with Gasteiger partial charge >= 0.3 is 0 Å². The molecule has 3 heterocycles. The first-order valence-electron chi connectivity index (χ1n) is 10.8. The van der Waals surface area contributed by atoms with Crippen LogP contribution in [0.3, 0.4) is 0 Å². The number of hydrogen-bond acceptors (Lipinski definition) is 6. The van der Waals surface area contributed by atoms with E-state index in [9.17, 15) is 0 Å². The molecule has 2 aliphatic rings. The number of quaternary nitrogens is 1. The third kappa shape index (κ3) is 4.78. The minimum absolute atomic E-state index is 0.196. The number of nitrogens with two attached hydrogens (primary N) is 1. The Morgan fingerprint density at radius 3 is 2.72 bits per heavy atom. The zero-order chi connectivity index (χ0) is 22.5. The van der Waals surface area contributed by atoms with Crippen LogP contribution < -0.4 is 31.1 Å². The van der Waals surface area contributed by atoms with Gasteiger partial charge in [-0.05, 0) is 44.5 Å². The molecule has 1 aromatic heterocycles. The van der Waals surface area contributed by atoms with Gasteiger partial charge in [-0.1, -0.05) is 30.3 Å². The fraction of sp³-hybridized carbons (Fsp3) is 0.240. The first-order chi connectivity index (χ1) is 15.5. The van der Waals surface area contributed by atoms with Gasteiger partial charge in [0.2, 0.25) is 5.88 Å². The standard InChI is InChI=1S/C25H30N6O/c1-17-15-22(29-30-24(17)27-19(3)20-9-6-5-7-10-20)21-11-12-23(25(28-21)32-4)31-14-8-13-26-18(2)16-31/h5-12,14-16,19,26-27,29-30H,13H2,1-4H3/p+1. The van der Waals surface area contributed by atoms with Gasteiger partial charge in [-0.3, -0.25) is 0 Å². The summed E-state index contributed by atoms with van der Waals surface area (Å²) in [6.07, 6.45) is 8.27. The third-order valence-corrected chi connectivity index (χ3v) is 5.50. The van der Waals surface area contributed by atoms with Gasteiger partial charge in [0.25, 0.3) is 0 Å². The van der Waals surface area contributed by atoms with Crippen LogP contribution in [0.5, 0.6) is 5.88 Å². The Balaban J connectivity index is 1.56. The molecule has 0 amide bonds. The monoisotopic (exact) mass is 431 g/mol. The van der Waals surface area contributed by atoms with E-state index in [1.807, 2.05) is 47.8 Å². The van der Waals surface area contributed by atoms with Crippen LogP contribution in [0.2, 0.25) is 0 Å². The Bertz CT molecular complexity index is 1090. The van der Waals surface area contributed by atoms with Crippen molar-refractivity contribution in [2.75, 3.05) is 18.6 Å². The minimum atomic E-state index is 0.196. The second kappa shape index (κ2) is 9.62. The summed E-state index contributed by atoms with van der Waals surface area (Å²) in [7, 11) is 1.65. The number of nitrogens with zero attached hydrogens (tertiary/aromatic N) is 2. The number of pyridine rings is 1. The summed E-state index contributed by atoms with van der Waals surface area (Å²) in [5.74, 6) is 1.58. The summed E-state index contributed by atoms with van der Waals surface area (Å²) in [4.78, 5) is 6.81. The van der Waals surface area contributed by atoms with Crippen LogP contribution in [-0.4, -0.2) is 18.6 Å². The zero-order valence-electron chi connectivity index (χ0n) is 19.0. The van der Waals surface area contributed by atoms with Crippen molar-refractivity contribution in [2.24, 2.45) is 0 Å². The average molecular weight is 432 g/mol. The van der Waals surface area contributed by atoms with Crippen LogP contribution in [0.1, 0.15) is 38.1 Å². The molecule has 32 heavy (non-hydrogen) atoms. The maximum atomic E-state index is 5.63. The summed E-state index contributed by atoms with van der Waals surface area (Å²) in [5.41, 5.74) is 11.6. The minimum Gasteiger partial charge on any atom is -0.479 e. The van der Waals surface area contributed by atoms with Crippen LogP contribution in [0, 0.1) is 0 Å². The lowest BCUT2D eigenvalue weighted by atomic mass is 10.1. The van der Waals surface area contributed by atoms with Crippen LogP contribution in [0.15, 0.2) is 84.1 Å². The molecule has 0 fully saturated rings. The Hall–Kier alpha value is -3.71. The molecular weight excluding hydrogens is 400 g/mol. The number of rotatable bonds is 6. The van der Waals surface area contributed by atoms with E-state index in [1.165, 1.54) is 5.56 Å². The molecule has 0 radical (unpaired) electrons. The lowest BCUT2D eigenvalue weighted by Crippen LogP contribution is -2.91. The van der Waals surface area contributed by atoms with Crippen molar-refractivity contribution >= 4 is 11.4 Å². The first-order valence-corrected chi connectivity index (χ1v) is 10.8. The van der Waals surface area contributed by atoms with Crippen LogP contribution >= 0.6 is 0 Å². The van der Waals surface area contributed by atoms with E-state index in [4.69, 9.17) is 9.72 Å². The molecule has 0 bridgehead atoms. The molecule has 4 rings (SSSR count). The van der Waals surface area contributed by atoms with E-state index in [2.05, 4.69) is 66.3 Å². The molecule has 7 heteroatoms. The summed E-state index contributed by atoms with van der Waals surface area (Å²) < 4.78 is 5.63. The Labute approximate surface area is 189 Å². The third-order valence-electron chi connectivity index (χ3n) is 5.50. The van der Waals surface area contributed by atoms with Gasteiger partial charge in [0.15, 0.2) is 11.5 Å². The van der Waals surface area contributed by atoms with Crippen molar-refractivity contribution in [3.05, 3.63) is 95.4 Å². The maximum Gasteiger partial charge on any atom is 0.238 e. The fourth-order valence-corrected chi connectivity index (χ4v) is 3.73. The Morgan fingerprint density at radius 1 is 1.16 bits per heavy atom. The van der Waals surface area contributed by atoms with Gasteiger partial charge in [0.1, 0.15) is 11.4 Å². The number of nitrogens with one attached hydrogen (secondary N) is 3. The average Bonchev–Trinajstić information content (AvgIpc) is 3.04. The molecule has 0 saturated carbocycles. The second-order valence-corrected chi connectivity index (χ2v) is 7.93. The Morgan fingerprint density at radius 2 is 1.97 bits per heavy atom. The van der Waals surface area contributed by atoms with Gasteiger partial charge in [0, 0.05) is 36.3 Å². The second-order valence-electron chi connectivity index (χ2n) is 7.93. The molecule has 1 atom stereocenters. The van der Waals surface area contributed by atoms with Gasteiger partial charge in [-0.15, -0.1) is 0 Å². The molecule has 5 N–H and O–H groups in total. The zero-order valence-corrected chi connectivity index (χ0v) is 19.0. The molecular formula is C25H31N6O+. The predicted molar refractivity (Wildman–Crippen MR) is 128 cm³/mol. The number of hydrogen-bond donors (Lipinski definition) is 4. The van der Waals surface area contributed by atoms with Gasteiger partial charge in [-0.25, -0.2) is 15.8 Å². The molecule has 2 aliphatic heterocycles. The maximum absolute atomic E-state index is 5.63. The van der Waals surface area contributed by atoms with Gasteiger partial charge < -0.3 is 20.3 Å². The summed E-state index contributed by atoms with van der Waals surface area (Å²) in [5, 5.41) is 6.88. The highest BCUT2D eigenvalue weighted by atomic mass is 16.5. The van der Waals surface area contributed by atoms with E-state index in [1.54, 1.807) is 7.11 Å². The number of benzene rings is 1. The number of anilines is 1. The van der Waals surface area contributed by atoms with E-state index >= 15 is 0 Å². The van der Waals surface area contributed by atoms with Crippen molar-refractivity contribution in [3.8, 4) is 5.88 Å². The van der Waals surface area contributed by atoms with Crippen molar-refractivity contribution in [2.45, 2.75) is 26.8 Å². The molecule has 166 valence electrons. The topological polar surface area (TPSA) is 78.1 Å². The van der Waals surface area contributed by atoms with E-state index in [0.29, 0.717) is 5.88 Å². The molecule has 0 aliphatic carbocycles. The summed E-state index contributed by atoms with van der Waals surface area (Å²) in [6.45, 7) is 7.09. The highest BCUT2D eigenvalue weighted by Gasteiger charge is 2.20. The van der Waals surface area contributed by atoms with E-state index in [-0.39, 0.29) is 6.04 Å². The van der Waals surface area contributed by atoms with Crippen LogP contribution in [0.4, 0.5) is 5.69 Å². The SMILES string of the molecule is COc1nc(C2=CC(C)=C(NC(C)c3ccccc3)N[NH2+]2)ccc1N1C=CCNC(C)=C1. The molecule has 7 nitrogen and oxygen atoms in total. The van der Waals surface area contributed by atoms with Crippen molar-refractivity contribution in [3.63, 3.8) is 0 Å². The van der Waals surface area contributed by atoms with Gasteiger partial charge in [0.05, 0.1) is 13.2 Å². The van der Waals surface area contributed by atoms with E-state index < -0.39 is 0 Å². The number of ether oxygens (including phenoxy) is 1. The highest BCUT2D eigenvalue weighted by molar-refractivity contribution is 5.66. The number of methoxy groups -OCH3 is 1. The normalized spacial score (nSPS) is 16.9. The number of aromatic nitrogens is 1. The smallest absolute Gasteiger partial charge is 0.238 e. The largest absolute Gasteiger partial charge is 0.479 e. The fourth-order valence-electron chi connectivity index (χ4n) is 3.73. The molecule has 1 unspecified atom stereocenters. The first kappa shape index (κ1) is 21.5. The molecule has 1 aromatic carbocycles. The molecule has 0 saturated heterocycles. The van der Waals surface area contributed by atoms with Crippen molar-refractivity contribution < 1.29 is 10.2 Å². The van der Waals surface area contributed by atoms with Crippen molar-refractivity contribution in [1.29, 1.82) is 0 Å². The lowest BCUT2D eigenvalue weighted by Gasteiger charge is -2.23. The van der Waals surface area contributed by atoms with Crippen LogP contribution in [-0.2, 0) is 0 Å². The molecule has 2 aromatic rings. The summed E-state index contributed by atoms with van der Waals surface area (Å²) in [6, 6.07) is 14.7. The van der Waals surface area contributed by atoms with E-state index in [0.717, 1.165) is 40.7 Å². The van der Waals surface area contributed by atoms with Crippen molar-refractivity contribution in [1.82, 2.24) is 21.0 Å². The number of allylic oxidation sites excluding steroid dienone is 3. The predicted octanol–water partition coefficient (Wildman–Crippen LogP) is 2.88.